The minimum absolute atomic E-state index is 0.107. The van der Waals surface area contributed by atoms with Crippen molar-refractivity contribution in [1.29, 1.82) is 0 Å². The summed E-state index contributed by atoms with van der Waals surface area (Å²) >= 11 is 6.25. The largest absolute Gasteiger partial charge is 0.387 e. The average Bonchev–Trinajstić information content (AvgIpc) is 2.86. The van der Waals surface area contributed by atoms with E-state index in [9.17, 15) is 15.0 Å². The Balaban J connectivity index is 1.76. The number of ether oxygens (including phenoxy) is 1. The monoisotopic (exact) mass is 354 g/mol. The van der Waals surface area contributed by atoms with Crippen LogP contribution >= 0.6 is 11.6 Å². The summed E-state index contributed by atoms with van der Waals surface area (Å²) < 4.78 is 7.05. The molecule has 1 aliphatic carbocycles. The number of imidazole rings is 1. The van der Waals surface area contributed by atoms with Crippen molar-refractivity contribution in [2.24, 2.45) is 4.99 Å². The molecule has 11 heteroatoms. The third-order valence-electron chi connectivity index (χ3n) is 4.19. The van der Waals surface area contributed by atoms with Crippen LogP contribution in [0, 0.1) is 0 Å². The summed E-state index contributed by atoms with van der Waals surface area (Å²) in [6, 6.07) is 0. The van der Waals surface area contributed by atoms with Crippen LogP contribution in [0.5, 0.6) is 0 Å². The van der Waals surface area contributed by atoms with Gasteiger partial charge in [-0.15, -0.1) is 11.6 Å². The molecular formula is C13H15ClN6O4. The number of fused-ring (bicyclic) bond motifs is 2. The van der Waals surface area contributed by atoms with Gasteiger partial charge in [-0.3, -0.25) is 14.3 Å². The van der Waals surface area contributed by atoms with Crippen molar-refractivity contribution in [3.63, 3.8) is 0 Å². The summed E-state index contributed by atoms with van der Waals surface area (Å²) in [5, 5.41) is 19.0. The summed E-state index contributed by atoms with van der Waals surface area (Å²) in [5.41, 5.74) is -1.59. The van der Waals surface area contributed by atoms with Crippen LogP contribution in [0.25, 0.3) is 11.2 Å². The first kappa shape index (κ1) is 15.5. The smallest absolute Gasteiger partial charge is 0.280 e. The standard InChI is InChI=1S/C13H15ClN6O4/c1-19(2)3-16-12-17-9-5(10(22)18-12)15-4-20(9)11-6(14)13(23)7(21)8(13)24-11/h3-4,6-8,11,21,23H,1-2H3,(H,17,18,22). The van der Waals surface area contributed by atoms with Gasteiger partial charge in [0.15, 0.2) is 17.4 Å². The van der Waals surface area contributed by atoms with E-state index < -0.39 is 35.0 Å². The van der Waals surface area contributed by atoms with Gasteiger partial charge in [-0.25, -0.2) is 9.98 Å². The van der Waals surface area contributed by atoms with E-state index in [1.807, 2.05) is 0 Å². The molecule has 0 spiro atoms. The maximum Gasteiger partial charge on any atom is 0.280 e. The third kappa shape index (κ3) is 2.00. The molecule has 2 aromatic heterocycles. The molecule has 0 radical (unpaired) electrons. The summed E-state index contributed by atoms with van der Waals surface area (Å²) in [5.74, 6) is 0.107. The zero-order valence-electron chi connectivity index (χ0n) is 12.8. The highest BCUT2D eigenvalue weighted by molar-refractivity contribution is 6.22. The van der Waals surface area contributed by atoms with Crippen molar-refractivity contribution in [2.45, 2.75) is 29.4 Å². The molecule has 10 nitrogen and oxygen atoms in total. The number of nitrogens with one attached hydrogen (secondary N) is 1. The van der Waals surface area contributed by atoms with E-state index in [0.29, 0.717) is 0 Å². The predicted octanol–water partition coefficient (Wildman–Crippen LogP) is -1.05. The normalized spacial score (nSPS) is 34.9. The Kier molecular flexibility index (Phi) is 3.23. The molecule has 2 aromatic rings. The number of alkyl halides is 1. The number of H-pyrrole nitrogens is 1. The number of aliphatic imine (C=N–C) groups is 1. The second kappa shape index (κ2) is 4.99. The lowest BCUT2D eigenvalue weighted by atomic mass is 10.2. The van der Waals surface area contributed by atoms with Crippen LogP contribution in [-0.4, -0.2) is 78.3 Å². The van der Waals surface area contributed by atoms with Crippen LogP contribution in [-0.2, 0) is 4.74 Å². The molecule has 0 bridgehead atoms. The Morgan fingerprint density at radius 3 is 2.96 bits per heavy atom. The first-order chi connectivity index (χ1) is 11.3. The molecule has 4 rings (SSSR count). The number of aliphatic hydroxyl groups is 2. The van der Waals surface area contributed by atoms with Crippen molar-refractivity contribution >= 4 is 35.1 Å². The molecule has 24 heavy (non-hydrogen) atoms. The topological polar surface area (TPSA) is 129 Å². The molecule has 5 atom stereocenters. The van der Waals surface area contributed by atoms with Crippen molar-refractivity contribution in [3.05, 3.63) is 16.7 Å². The Labute approximate surface area is 140 Å². The lowest BCUT2D eigenvalue weighted by Crippen LogP contribution is -2.32. The van der Waals surface area contributed by atoms with E-state index in [-0.39, 0.29) is 17.1 Å². The van der Waals surface area contributed by atoms with Crippen LogP contribution in [0.15, 0.2) is 16.1 Å². The van der Waals surface area contributed by atoms with Crippen LogP contribution in [0.1, 0.15) is 6.23 Å². The Morgan fingerprint density at radius 1 is 1.58 bits per heavy atom. The molecule has 128 valence electrons. The summed E-state index contributed by atoms with van der Waals surface area (Å²) in [4.78, 5) is 28.7. The Bertz CT molecular complexity index is 894. The fraction of sp³-hybridized carbons (Fsp3) is 0.538. The number of hydrogen-bond donors (Lipinski definition) is 3. The summed E-state index contributed by atoms with van der Waals surface area (Å²) in [6.45, 7) is 0. The van der Waals surface area contributed by atoms with Gasteiger partial charge >= 0.3 is 0 Å². The molecule has 0 aromatic carbocycles. The second-order valence-electron chi connectivity index (χ2n) is 6.10. The molecular weight excluding hydrogens is 340 g/mol. The molecule has 3 heterocycles. The Morgan fingerprint density at radius 2 is 2.33 bits per heavy atom. The Hall–Kier alpha value is -2.01. The first-order valence-corrected chi connectivity index (χ1v) is 7.65. The molecule has 1 aliphatic heterocycles. The summed E-state index contributed by atoms with van der Waals surface area (Å²) in [7, 11) is 3.57. The number of aromatic amines is 1. The number of nitrogens with zero attached hydrogens (tertiary/aromatic N) is 5. The van der Waals surface area contributed by atoms with Crippen molar-refractivity contribution in [1.82, 2.24) is 24.4 Å². The fourth-order valence-electron chi connectivity index (χ4n) is 2.83. The van der Waals surface area contributed by atoms with Crippen molar-refractivity contribution in [2.75, 3.05) is 14.1 Å². The van der Waals surface area contributed by atoms with Gasteiger partial charge in [0.1, 0.15) is 23.2 Å². The van der Waals surface area contributed by atoms with Crippen LogP contribution in [0.2, 0.25) is 0 Å². The number of aromatic nitrogens is 4. The van der Waals surface area contributed by atoms with Gasteiger partial charge in [-0.05, 0) is 0 Å². The predicted molar refractivity (Wildman–Crippen MR) is 84.5 cm³/mol. The highest BCUT2D eigenvalue weighted by atomic mass is 35.5. The second-order valence-corrected chi connectivity index (χ2v) is 6.57. The number of rotatable bonds is 3. The van der Waals surface area contributed by atoms with E-state index in [4.69, 9.17) is 16.3 Å². The number of aliphatic hydroxyl groups excluding tert-OH is 1. The molecule has 1 saturated carbocycles. The molecule has 0 amide bonds. The van der Waals surface area contributed by atoms with Gasteiger partial charge in [0.05, 0.1) is 12.7 Å². The summed E-state index contributed by atoms with van der Waals surface area (Å²) in [6.07, 6.45) is 0.302. The minimum Gasteiger partial charge on any atom is -0.387 e. The van der Waals surface area contributed by atoms with E-state index in [1.165, 1.54) is 17.2 Å². The molecule has 5 unspecified atom stereocenters. The number of hydrogen-bond acceptors (Lipinski definition) is 7. The van der Waals surface area contributed by atoms with Gasteiger partial charge in [0.25, 0.3) is 5.56 Å². The zero-order chi connectivity index (χ0) is 17.2. The average molecular weight is 355 g/mol. The van der Waals surface area contributed by atoms with Gasteiger partial charge in [0.2, 0.25) is 5.95 Å². The maximum atomic E-state index is 12.1. The van der Waals surface area contributed by atoms with Gasteiger partial charge < -0.3 is 19.8 Å². The molecule has 3 N–H and O–H groups in total. The van der Waals surface area contributed by atoms with Gasteiger partial charge in [-0.2, -0.15) is 4.98 Å². The number of halogens is 1. The van der Waals surface area contributed by atoms with Gasteiger partial charge in [-0.1, -0.05) is 0 Å². The molecule has 2 aliphatic rings. The van der Waals surface area contributed by atoms with Gasteiger partial charge in [0, 0.05) is 14.1 Å². The van der Waals surface area contributed by atoms with E-state index in [1.54, 1.807) is 19.0 Å². The van der Waals surface area contributed by atoms with Crippen molar-refractivity contribution < 1.29 is 14.9 Å². The highest BCUT2D eigenvalue weighted by Crippen LogP contribution is 2.56. The third-order valence-corrected chi connectivity index (χ3v) is 4.76. The van der Waals surface area contributed by atoms with E-state index in [2.05, 4.69) is 19.9 Å². The lowest BCUT2D eigenvalue weighted by Gasteiger charge is -2.21. The van der Waals surface area contributed by atoms with Crippen LogP contribution in [0.3, 0.4) is 0 Å². The van der Waals surface area contributed by atoms with E-state index >= 15 is 0 Å². The molecule has 1 saturated heterocycles. The SMILES string of the molecule is CN(C)C=Nc1nc2c(ncn2C2OC3C(O)C3(O)C2Cl)c(=O)[nH]1. The quantitative estimate of drug-likeness (QED) is 0.364. The molecule has 2 fully saturated rings. The van der Waals surface area contributed by atoms with Crippen molar-refractivity contribution in [3.8, 4) is 0 Å². The maximum absolute atomic E-state index is 12.1. The van der Waals surface area contributed by atoms with Crippen LogP contribution < -0.4 is 5.56 Å². The van der Waals surface area contributed by atoms with Crippen LogP contribution in [0.4, 0.5) is 5.95 Å². The highest BCUT2D eigenvalue weighted by Gasteiger charge is 2.76. The fourth-order valence-corrected chi connectivity index (χ4v) is 3.27. The van der Waals surface area contributed by atoms with E-state index in [0.717, 1.165) is 0 Å². The first-order valence-electron chi connectivity index (χ1n) is 7.21. The minimum atomic E-state index is -1.49. The zero-order valence-corrected chi connectivity index (χ0v) is 13.5. The lowest BCUT2D eigenvalue weighted by molar-refractivity contribution is -0.00906.